The van der Waals surface area contributed by atoms with Crippen molar-refractivity contribution in [2.45, 2.75) is 251 Å². The van der Waals surface area contributed by atoms with Crippen LogP contribution in [0.2, 0.25) is 0 Å². The molecule has 8 nitrogen and oxygen atoms in total. The van der Waals surface area contributed by atoms with E-state index in [0.717, 1.165) is 32.1 Å². The molecule has 0 N–H and O–H groups in total. The number of carbonyl (C=O) groups excluding carboxylic acids is 1. The summed E-state index contributed by atoms with van der Waals surface area (Å²) in [6, 6.07) is 0. The first kappa shape index (κ1) is 58.2. The molecule has 0 radical (unpaired) electrons. The Labute approximate surface area is 367 Å². The molecule has 0 aromatic rings. The van der Waals surface area contributed by atoms with E-state index in [1.807, 2.05) is 21.1 Å². The molecule has 0 fully saturated rings. The Morgan fingerprint density at radius 3 is 1.29 bits per heavy atom. The molecule has 0 saturated heterocycles. The Morgan fingerprint density at radius 2 is 0.881 bits per heavy atom. The number of nitrogens with zero attached hydrogens (tertiary/aromatic N) is 1. The summed E-state index contributed by atoms with van der Waals surface area (Å²) in [6.45, 7) is 5.47. The van der Waals surface area contributed by atoms with Crippen LogP contribution in [0.4, 0.5) is 0 Å². The van der Waals surface area contributed by atoms with E-state index in [1.54, 1.807) is 0 Å². The van der Waals surface area contributed by atoms with Crippen molar-refractivity contribution in [2.24, 2.45) is 0 Å². The first-order valence-electron chi connectivity index (χ1n) is 25.4. The van der Waals surface area contributed by atoms with Crippen molar-refractivity contribution in [1.82, 2.24) is 0 Å². The predicted octanol–water partition coefficient (Wildman–Crippen LogP) is 14.8. The van der Waals surface area contributed by atoms with Gasteiger partial charge in [-0.25, -0.2) is 0 Å². The maximum absolute atomic E-state index is 12.7. The molecule has 0 aliphatic rings. The van der Waals surface area contributed by atoms with Crippen molar-refractivity contribution >= 4 is 13.8 Å². The summed E-state index contributed by atoms with van der Waals surface area (Å²) < 4.78 is 34.7. The lowest BCUT2D eigenvalue weighted by Gasteiger charge is -2.28. The Bertz CT molecular complexity index is 956. The second-order valence-corrected chi connectivity index (χ2v) is 19.9. The summed E-state index contributed by atoms with van der Waals surface area (Å²) in [6.07, 6.45) is 49.4. The van der Waals surface area contributed by atoms with Crippen LogP contribution in [-0.2, 0) is 27.9 Å². The van der Waals surface area contributed by atoms with E-state index < -0.39 is 13.9 Å². The first-order chi connectivity index (χ1) is 28.6. The van der Waals surface area contributed by atoms with E-state index in [1.165, 1.54) is 193 Å². The van der Waals surface area contributed by atoms with Gasteiger partial charge in [0.05, 0.1) is 34.4 Å². The minimum absolute atomic E-state index is 0.0294. The van der Waals surface area contributed by atoms with E-state index in [9.17, 15) is 14.3 Å². The van der Waals surface area contributed by atoms with Gasteiger partial charge in [-0.2, -0.15) is 0 Å². The van der Waals surface area contributed by atoms with Gasteiger partial charge < -0.3 is 27.9 Å². The number of allylic oxidation sites excluding steroid dienone is 2. The Kier molecular flexibility index (Phi) is 43.3. The monoisotopic (exact) mass is 858 g/mol. The molecular weight excluding hydrogens is 758 g/mol. The van der Waals surface area contributed by atoms with Crippen LogP contribution >= 0.6 is 7.82 Å². The molecule has 0 aliphatic carbocycles. The summed E-state index contributed by atoms with van der Waals surface area (Å²) in [5.74, 6) is -0.330. The molecule has 2 unspecified atom stereocenters. The van der Waals surface area contributed by atoms with E-state index in [2.05, 4.69) is 26.0 Å². The maximum atomic E-state index is 12.7. The third-order valence-corrected chi connectivity index (χ3v) is 12.3. The van der Waals surface area contributed by atoms with Gasteiger partial charge in [-0.15, -0.1) is 0 Å². The topological polar surface area (TPSA) is 94.1 Å². The number of phosphoric ester groups is 1. The summed E-state index contributed by atoms with van der Waals surface area (Å²) >= 11 is 0. The second-order valence-electron chi connectivity index (χ2n) is 18.5. The van der Waals surface area contributed by atoms with Crippen LogP contribution in [0.5, 0.6) is 0 Å². The fourth-order valence-electron chi connectivity index (χ4n) is 7.37. The number of carbonyl (C=O) groups is 1. The fraction of sp³-hybridized carbons (Fsp3) is 0.940. The molecule has 0 bridgehead atoms. The number of likely N-dealkylation sites (N-methyl/N-ethyl adjacent to an activating group) is 1. The van der Waals surface area contributed by atoms with Crippen molar-refractivity contribution in [3.8, 4) is 0 Å². The second kappa shape index (κ2) is 43.9. The third-order valence-electron chi connectivity index (χ3n) is 11.3. The van der Waals surface area contributed by atoms with Crippen LogP contribution < -0.4 is 4.89 Å². The highest BCUT2D eigenvalue weighted by atomic mass is 31.2. The van der Waals surface area contributed by atoms with Crippen LogP contribution in [0, 0.1) is 0 Å². The molecule has 352 valence electrons. The number of rotatable bonds is 48. The van der Waals surface area contributed by atoms with E-state index in [0.29, 0.717) is 24.1 Å². The van der Waals surface area contributed by atoms with E-state index in [-0.39, 0.29) is 25.8 Å². The highest BCUT2D eigenvalue weighted by Gasteiger charge is 2.20. The standard InChI is InChI=1S/C50H100NO7P/c1-6-8-10-12-14-16-18-20-22-24-26-27-29-31-33-35-37-39-41-43-50(52)58-49(48-57-59(53,54)56-46-44-51(3,4)5)47-55-45-42-40-38-36-34-32-30-28-25-23-21-19-17-15-13-11-9-7-2/h20,22,49H,6-19,21,23-48H2,1-5H3/b22-20-. The summed E-state index contributed by atoms with van der Waals surface area (Å²) in [5.41, 5.74) is 0. The Balaban J connectivity index is 4.12. The van der Waals surface area contributed by atoms with Gasteiger partial charge in [0, 0.05) is 13.0 Å². The highest BCUT2D eigenvalue weighted by molar-refractivity contribution is 7.45. The number of unbranched alkanes of at least 4 members (excludes halogenated alkanes) is 32. The molecule has 9 heteroatoms. The lowest BCUT2D eigenvalue weighted by molar-refractivity contribution is -0.870. The summed E-state index contributed by atoms with van der Waals surface area (Å²) in [7, 11) is 1.37. The molecule has 0 heterocycles. The van der Waals surface area contributed by atoms with Gasteiger partial charge in [-0.05, 0) is 38.5 Å². The van der Waals surface area contributed by atoms with E-state index >= 15 is 0 Å². The molecule has 0 rings (SSSR count). The average molecular weight is 858 g/mol. The minimum atomic E-state index is -4.52. The molecule has 2 atom stereocenters. The van der Waals surface area contributed by atoms with Gasteiger partial charge in [0.15, 0.2) is 0 Å². The Morgan fingerprint density at radius 1 is 0.508 bits per heavy atom. The lowest BCUT2D eigenvalue weighted by Crippen LogP contribution is -2.37. The zero-order valence-electron chi connectivity index (χ0n) is 40.0. The van der Waals surface area contributed by atoms with Crippen LogP contribution in [0.1, 0.15) is 245 Å². The third kappa shape index (κ3) is 48.1. The molecule has 0 aromatic carbocycles. The SMILES string of the molecule is CCCCCCCC/C=C\CCCCCCCCCCCC(=O)OC(COCCCCCCCCCCCCCCCCCCCC)COP(=O)([O-])OCC[N+](C)(C)C. The van der Waals surface area contributed by atoms with Crippen LogP contribution in [0.15, 0.2) is 12.2 Å². The van der Waals surface area contributed by atoms with Gasteiger partial charge in [0.2, 0.25) is 0 Å². The molecule has 0 saturated carbocycles. The smallest absolute Gasteiger partial charge is 0.306 e. The van der Waals surface area contributed by atoms with Gasteiger partial charge >= 0.3 is 5.97 Å². The largest absolute Gasteiger partial charge is 0.756 e. The number of quaternary nitrogens is 1. The normalized spacial score (nSPS) is 13.7. The number of esters is 1. The van der Waals surface area contributed by atoms with Crippen molar-refractivity contribution in [1.29, 1.82) is 0 Å². The van der Waals surface area contributed by atoms with Crippen LogP contribution in [0.25, 0.3) is 0 Å². The van der Waals surface area contributed by atoms with Crippen LogP contribution in [-0.4, -0.2) is 70.7 Å². The van der Waals surface area contributed by atoms with Crippen molar-refractivity contribution in [3.05, 3.63) is 12.2 Å². The van der Waals surface area contributed by atoms with E-state index in [4.69, 9.17) is 18.5 Å². The van der Waals surface area contributed by atoms with Gasteiger partial charge in [0.1, 0.15) is 19.3 Å². The number of phosphoric acid groups is 1. The molecule has 0 amide bonds. The highest BCUT2D eigenvalue weighted by Crippen LogP contribution is 2.38. The zero-order chi connectivity index (χ0) is 43.4. The molecular formula is C50H100NO7P. The lowest BCUT2D eigenvalue weighted by atomic mass is 10.0. The maximum Gasteiger partial charge on any atom is 0.306 e. The summed E-state index contributed by atoms with van der Waals surface area (Å²) in [5, 5.41) is 0. The molecule has 0 aromatic heterocycles. The summed E-state index contributed by atoms with van der Waals surface area (Å²) in [4.78, 5) is 25.2. The quantitative estimate of drug-likeness (QED) is 0.0198. The number of hydrogen-bond donors (Lipinski definition) is 0. The Hall–Kier alpha value is -0.760. The van der Waals surface area contributed by atoms with Crippen molar-refractivity contribution < 1.29 is 37.3 Å². The van der Waals surface area contributed by atoms with Crippen molar-refractivity contribution in [3.63, 3.8) is 0 Å². The van der Waals surface area contributed by atoms with Gasteiger partial charge in [-0.3, -0.25) is 9.36 Å². The molecule has 59 heavy (non-hydrogen) atoms. The molecule has 0 aliphatic heterocycles. The van der Waals surface area contributed by atoms with Crippen LogP contribution in [0.3, 0.4) is 0 Å². The minimum Gasteiger partial charge on any atom is -0.756 e. The number of ether oxygens (including phenoxy) is 2. The average Bonchev–Trinajstić information content (AvgIpc) is 3.19. The van der Waals surface area contributed by atoms with Gasteiger partial charge in [0.25, 0.3) is 7.82 Å². The molecule has 0 spiro atoms. The fourth-order valence-corrected chi connectivity index (χ4v) is 8.10. The first-order valence-corrected chi connectivity index (χ1v) is 26.9. The predicted molar refractivity (Wildman–Crippen MR) is 250 cm³/mol. The zero-order valence-corrected chi connectivity index (χ0v) is 40.9. The number of hydrogen-bond acceptors (Lipinski definition) is 7. The van der Waals surface area contributed by atoms with Gasteiger partial charge in [-0.1, -0.05) is 212 Å². The van der Waals surface area contributed by atoms with Crippen molar-refractivity contribution in [2.75, 3.05) is 54.1 Å².